The number of piperazine rings is 1. The molecule has 0 radical (unpaired) electrons. The van der Waals surface area contributed by atoms with Gasteiger partial charge in [-0.05, 0) is 24.3 Å². The number of alkyl halides is 3. The standard InChI is InChI=1S/C20H19F5N2O2/c21-17-6-2-4-15(18(17)22)12-26-7-9-27(10-8-26)19(28)14-3-1-5-16(11-14)29-13-20(23,24)25/h1-6,11H,7-10,12-13H2. The second-order valence-electron chi connectivity index (χ2n) is 6.71. The van der Waals surface area contributed by atoms with Gasteiger partial charge in [-0.2, -0.15) is 13.2 Å². The number of ether oxygens (including phenoxy) is 1. The van der Waals surface area contributed by atoms with E-state index in [9.17, 15) is 26.7 Å². The molecule has 0 aliphatic carbocycles. The van der Waals surface area contributed by atoms with Crippen LogP contribution < -0.4 is 4.74 Å². The fourth-order valence-corrected chi connectivity index (χ4v) is 3.09. The molecule has 0 saturated carbocycles. The lowest BCUT2D eigenvalue weighted by molar-refractivity contribution is -0.153. The third-order valence-corrected chi connectivity index (χ3v) is 4.57. The normalized spacial score (nSPS) is 15.4. The van der Waals surface area contributed by atoms with Crippen molar-refractivity contribution >= 4 is 5.91 Å². The maximum Gasteiger partial charge on any atom is 0.422 e. The fourth-order valence-electron chi connectivity index (χ4n) is 3.09. The smallest absolute Gasteiger partial charge is 0.422 e. The third-order valence-electron chi connectivity index (χ3n) is 4.57. The van der Waals surface area contributed by atoms with E-state index in [1.807, 2.05) is 4.90 Å². The Balaban J connectivity index is 1.57. The summed E-state index contributed by atoms with van der Waals surface area (Å²) in [5.74, 6) is -2.13. The number of hydrogen-bond acceptors (Lipinski definition) is 3. The number of halogens is 5. The minimum atomic E-state index is -4.46. The van der Waals surface area contributed by atoms with Gasteiger partial charge in [-0.1, -0.05) is 18.2 Å². The Morgan fingerprint density at radius 1 is 1.00 bits per heavy atom. The molecule has 1 aliphatic rings. The van der Waals surface area contributed by atoms with Gasteiger partial charge < -0.3 is 9.64 Å². The van der Waals surface area contributed by atoms with Crippen molar-refractivity contribution in [3.63, 3.8) is 0 Å². The summed E-state index contributed by atoms with van der Waals surface area (Å²) in [6.07, 6.45) is -4.46. The lowest BCUT2D eigenvalue weighted by Gasteiger charge is -2.34. The zero-order valence-corrected chi connectivity index (χ0v) is 15.4. The quantitative estimate of drug-likeness (QED) is 0.697. The van der Waals surface area contributed by atoms with Crippen LogP contribution in [0.2, 0.25) is 0 Å². The molecule has 0 unspecified atom stereocenters. The number of carbonyl (C=O) groups is 1. The number of rotatable bonds is 5. The molecule has 1 fully saturated rings. The average molecular weight is 414 g/mol. The molecule has 0 aromatic heterocycles. The van der Waals surface area contributed by atoms with Crippen molar-refractivity contribution in [1.82, 2.24) is 9.80 Å². The predicted molar refractivity (Wildman–Crippen MR) is 95.5 cm³/mol. The molecular formula is C20H19F5N2O2. The van der Waals surface area contributed by atoms with Crippen LogP contribution in [0.15, 0.2) is 42.5 Å². The Morgan fingerprint density at radius 3 is 2.38 bits per heavy atom. The molecule has 2 aromatic carbocycles. The second-order valence-corrected chi connectivity index (χ2v) is 6.71. The first-order valence-electron chi connectivity index (χ1n) is 8.97. The highest BCUT2D eigenvalue weighted by atomic mass is 19.4. The summed E-state index contributed by atoms with van der Waals surface area (Å²) in [6, 6.07) is 9.63. The Kier molecular flexibility index (Phi) is 6.36. The van der Waals surface area contributed by atoms with Crippen LogP contribution in [0.4, 0.5) is 22.0 Å². The van der Waals surface area contributed by atoms with E-state index in [0.29, 0.717) is 26.2 Å². The molecule has 4 nitrogen and oxygen atoms in total. The highest BCUT2D eigenvalue weighted by Gasteiger charge is 2.29. The molecule has 0 N–H and O–H groups in total. The molecule has 1 saturated heterocycles. The highest BCUT2D eigenvalue weighted by Crippen LogP contribution is 2.21. The van der Waals surface area contributed by atoms with Crippen molar-refractivity contribution in [2.75, 3.05) is 32.8 Å². The number of carbonyl (C=O) groups excluding carboxylic acids is 1. The van der Waals surface area contributed by atoms with E-state index in [2.05, 4.69) is 4.74 Å². The number of amides is 1. The molecule has 3 rings (SSSR count). The van der Waals surface area contributed by atoms with Gasteiger partial charge in [-0.3, -0.25) is 9.69 Å². The molecule has 29 heavy (non-hydrogen) atoms. The first-order chi connectivity index (χ1) is 13.7. The first-order valence-corrected chi connectivity index (χ1v) is 8.97. The van der Waals surface area contributed by atoms with Gasteiger partial charge in [0.1, 0.15) is 5.75 Å². The van der Waals surface area contributed by atoms with Gasteiger partial charge in [0, 0.05) is 43.9 Å². The minimum Gasteiger partial charge on any atom is -0.484 e. The molecule has 1 heterocycles. The zero-order valence-electron chi connectivity index (χ0n) is 15.4. The summed E-state index contributed by atoms with van der Waals surface area (Å²) >= 11 is 0. The monoisotopic (exact) mass is 414 g/mol. The molecule has 0 atom stereocenters. The molecule has 9 heteroatoms. The van der Waals surface area contributed by atoms with Crippen molar-refractivity contribution in [3.8, 4) is 5.75 Å². The Labute approximate surface area is 164 Å². The van der Waals surface area contributed by atoms with E-state index < -0.39 is 24.4 Å². The summed E-state index contributed by atoms with van der Waals surface area (Å²) in [5, 5.41) is 0. The third kappa shape index (κ3) is 5.66. The summed E-state index contributed by atoms with van der Waals surface area (Å²) in [5.41, 5.74) is 0.480. The molecule has 156 valence electrons. The van der Waals surface area contributed by atoms with Crippen LogP contribution in [-0.4, -0.2) is 54.7 Å². The van der Waals surface area contributed by atoms with E-state index in [-0.39, 0.29) is 29.3 Å². The van der Waals surface area contributed by atoms with E-state index in [4.69, 9.17) is 0 Å². The van der Waals surface area contributed by atoms with Gasteiger partial charge in [-0.15, -0.1) is 0 Å². The van der Waals surface area contributed by atoms with Gasteiger partial charge in [0.25, 0.3) is 5.91 Å². The summed E-state index contributed by atoms with van der Waals surface area (Å²) in [4.78, 5) is 16.1. The topological polar surface area (TPSA) is 32.8 Å². The molecular weight excluding hydrogens is 395 g/mol. The lowest BCUT2D eigenvalue weighted by atomic mass is 10.1. The molecule has 0 spiro atoms. The van der Waals surface area contributed by atoms with E-state index >= 15 is 0 Å². The Hall–Kier alpha value is -2.68. The fraction of sp³-hybridized carbons (Fsp3) is 0.350. The molecule has 1 aliphatic heterocycles. The van der Waals surface area contributed by atoms with Gasteiger partial charge >= 0.3 is 6.18 Å². The Bertz CT molecular complexity index is 864. The van der Waals surface area contributed by atoms with E-state index in [1.54, 1.807) is 4.90 Å². The number of hydrogen-bond donors (Lipinski definition) is 0. The van der Waals surface area contributed by atoms with Crippen LogP contribution in [0.5, 0.6) is 5.75 Å². The summed E-state index contributed by atoms with van der Waals surface area (Å²) in [7, 11) is 0. The van der Waals surface area contributed by atoms with Crippen molar-refractivity contribution in [1.29, 1.82) is 0 Å². The van der Waals surface area contributed by atoms with E-state index in [0.717, 1.165) is 6.07 Å². The van der Waals surface area contributed by atoms with Crippen LogP contribution in [0.3, 0.4) is 0 Å². The highest BCUT2D eigenvalue weighted by molar-refractivity contribution is 5.94. The van der Waals surface area contributed by atoms with Crippen LogP contribution in [0, 0.1) is 11.6 Å². The summed E-state index contributed by atoms with van der Waals surface area (Å²) in [6.45, 7) is 0.455. The van der Waals surface area contributed by atoms with Gasteiger partial charge in [-0.25, -0.2) is 8.78 Å². The predicted octanol–water partition coefficient (Wildman–Crippen LogP) is 3.86. The second kappa shape index (κ2) is 8.77. The Morgan fingerprint density at radius 2 is 1.69 bits per heavy atom. The van der Waals surface area contributed by atoms with Crippen molar-refractivity contribution < 1.29 is 31.5 Å². The van der Waals surface area contributed by atoms with Crippen LogP contribution in [0.1, 0.15) is 15.9 Å². The number of nitrogens with zero attached hydrogens (tertiary/aromatic N) is 2. The first kappa shape index (κ1) is 21.0. The minimum absolute atomic E-state index is 0.0339. The van der Waals surface area contributed by atoms with Crippen LogP contribution >= 0.6 is 0 Å². The van der Waals surface area contributed by atoms with Crippen molar-refractivity contribution in [3.05, 3.63) is 65.2 Å². The molecule has 2 aromatic rings. The average Bonchev–Trinajstić information content (AvgIpc) is 2.70. The van der Waals surface area contributed by atoms with E-state index in [1.165, 1.54) is 36.4 Å². The van der Waals surface area contributed by atoms with Gasteiger partial charge in [0.05, 0.1) is 0 Å². The molecule has 0 bridgehead atoms. The van der Waals surface area contributed by atoms with Crippen molar-refractivity contribution in [2.24, 2.45) is 0 Å². The maximum atomic E-state index is 13.8. The van der Waals surface area contributed by atoms with Crippen LogP contribution in [-0.2, 0) is 6.54 Å². The lowest BCUT2D eigenvalue weighted by Crippen LogP contribution is -2.48. The number of benzene rings is 2. The van der Waals surface area contributed by atoms with Gasteiger partial charge in [0.15, 0.2) is 18.2 Å². The SMILES string of the molecule is O=C(c1cccc(OCC(F)(F)F)c1)N1CCN(Cc2cccc(F)c2F)CC1. The van der Waals surface area contributed by atoms with Crippen LogP contribution in [0.25, 0.3) is 0 Å². The largest absolute Gasteiger partial charge is 0.484 e. The van der Waals surface area contributed by atoms with Gasteiger partial charge in [0.2, 0.25) is 0 Å². The maximum absolute atomic E-state index is 13.8. The summed E-state index contributed by atoms with van der Waals surface area (Å²) < 4.78 is 68.7. The zero-order chi connectivity index (χ0) is 21.0. The molecule has 1 amide bonds. The van der Waals surface area contributed by atoms with Crippen molar-refractivity contribution in [2.45, 2.75) is 12.7 Å².